The fourth-order valence-corrected chi connectivity index (χ4v) is 8.86. The van der Waals surface area contributed by atoms with E-state index in [4.69, 9.17) is 4.74 Å². The van der Waals surface area contributed by atoms with Crippen LogP contribution in [0.2, 0.25) is 0 Å². The molecule has 0 aliphatic carbocycles. The van der Waals surface area contributed by atoms with Gasteiger partial charge in [0, 0.05) is 6.42 Å². The quantitative estimate of drug-likeness (QED) is 0.0321. The Morgan fingerprint density at radius 1 is 0.439 bits per heavy atom. The molecule has 0 aromatic carbocycles. The number of rotatable bonds is 52. The predicted molar refractivity (Wildman–Crippen MR) is 287 cm³/mol. The average Bonchev–Trinajstić information content (AvgIpc) is 3.31. The third kappa shape index (κ3) is 48.3. The molecule has 1 amide bonds. The normalized spacial score (nSPS) is 13.5. The van der Waals surface area contributed by atoms with Crippen molar-refractivity contribution in [2.24, 2.45) is 0 Å². The van der Waals surface area contributed by atoms with Crippen molar-refractivity contribution in [2.45, 2.75) is 315 Å². The summed E-state index contributed by atoms with van der Waals surface area (Å²) in [5, 5.41) is 23.9. The maximum absolute atomic E-state index is 13.3. The van der Waals surface area contributed by atoms with Gasteiger partial charge in [0.15, 0.2) is 0 Å². The van der Waals surface area contributed by atoms with Crippen LogP contribution < -0.4 is 5.32 Å². The van der Waals surface area contributed by atoms with Gasteiger partial charge in [-0.2, -0.15) is 0 Å². The molecule has 0 rings (SSSR count). The Bertz CT molecular complexity index is 1130. The third-order valence-corrected chi connectivity index (χ3v) is 13.3. The lowest BCUT2D eigenvalue weighted by Crippen LogP contribution is -2.46. The van der Waals surface area contributed by atoms with Crippen LogP contribution in [0.15, 0.2) is 48.6 Å². The van der Waals surface area contributed by atoms with E-state index in [9.17, 15) is 19.8 Å². The van der Waals surface area contributed by atoms with E-state index >= 15 is 0 Å². The minimum absolute atomic E-state index is 0.0710. The van der Waals surface area contributed by atoms with Crippen LogP contribution in [0.3, 0.4) is 0 Å². The second-order valence-corrected chi connectivity index (χ2v) is 19.8. The molecule has 0 heterocycles. The lowest BCUT2D eigenvalue weighted by Gasteiger charge is -2.24. The molecule has 0 aliphatic rings. The highest BCUT2D eigenvalue weighted by Crippen LogP contribution is 2.19. The molecule has 386 valence electrons. The highest BCUT2D eigenvalue weighted by atomic mass is 16.5. The van der Waals surface area contributed by atoms with Crippen LogP contribution in [-0.2, 0) is 14.3 Å². The van der Waals surface area contributed by atoms with Gasteiger partial charge >= 0.3 is 5.97 Å². The number of carbonyl (C=O) groups excluding carboxylic acids is 2. The van der Waals surface area contributed by atoms with Gasteiger partial charge < -0.3 is 20.3 Å². The molecular weight excluding hydrogens is 815 g/mol. The zero-order valence-electron chi connectivity index (χ0n) is 44.1. The molecule has 0 saturated carbocycles. The first kappa shape index (κ1) is 63.8. The molecule has 0 aromatic heterocycles. The topological polar surface area (TPSA) is 95.9 Å². The van der Waals surface area contributed by atoms with Gasteiger partial charge in [-0.15, -0.1) is 0 Å². The van der Waals surface area contributed by atoms with Crippen molar-refractivity contribution in [1.29, 1.82) is 0 Å². The van der Waals surface area contributed by atoms with Gasteiger partial charge in [-0.1, -0.05) is 281 Å². The monoisotopic (exact) mass is 926 g/mol. The molecule has 3 unspecified atom stereocenters. The van der Waals surface area contributed by atoms with E-state index in [2.05, 4.69) is 74.7 Å². The number of aliphatic hydroxyl groups excluding tert-OH is 2. The highest BCUT2D eigenvalue weighted by Gasteiger charge is 2.24. The van der Waals surface area contributed by atoms with Gasteiger partial charge in [-0.05, 0) is 51.4 Å². The van der Waals surface area contributed by atoms with E-state index in [0.717, 1.165) is 77.0 Å². The van der Waals surface area contributed by atoms with Crippen LogP contribution in [0.5, 0.6) is 0 Å². The predicted octanol–water partition coefficient (Wildman–Crippen LogP) is 17.8. The summed E-state index contributed by atoms with van der Waals surface area (Å²) in [6, 6.07) is -0.705. The Kier molecular flexibility index (Phi) is 52.0. The second-order valence-electron chi connectivity index (χ2n) is 19.8. The maximum atomic E-state index is 13.3. The number of allylic oxidation sites excluding steroid dienone is 8. The number of amides is 1. The van der Waals surface area contributed by atoms with Crippen molar-refractivity contribution < 1.29 is 24.5 Å². The maximum Gasteiger partial charge on any atom is 0.306 e. The lowest BCUT2D eigenvalue weighted by molar-refractivity contribution is -0.151. The standard InChI is InChI=1S/C60H111NO5/c1-4-7-10-13-16-19-22-25-27-29-30-32-35-38-41-44-47-50-53-60(65)66-56(51-48-45-42-39-36-34-31-28-26-23-20-17-14-11-8-5-2)54-59(64)61-57(55-62)58(63)52-49-46-43-40-37-33-24-21-18-15-12-9-6-3/h16,19,22,25,27,29-30,32,56-58,62-63H,4-15,17-18,20-21,23-24,26,28,31,33-55H2,1-3H3,(H,61,64)/b19-16+,25-22+,29-27+,32-30+. The summed E-state index contributed by atoms with van der Waals surface area (Å²) in [6.07, 6.45) is 66.0. The summed E-state index contributed by atoms with van der Waals surface area (Å²) in [6.45, 7) is 6.47. The molecule has 0 radical (unpaired) electrons. The van der Waals surface area contributed by atoms with Crippen molar-refractivity contribution in [3.05, 3.63) is 48.6 Å². The van der Waals surface area contributed by atoms with E-state index < -0.39 is 18.2 Å². The zero-order valence-corrected chi connectivity index (χ0v) is 44.1. The number of nitrogens with one attached hydrogen (secondary N) is 1. The van der Waals surface area contributed by atoms with Gasteiger partial charge in [0.05, 0.1) is 25.2 Å². The molecule has 66 heavy (non-hydrogen) atoms. The molecule has 6 nitrogen and oxygen atoms in total. The summed E-state index contributed by atoms with van der Waals surface area (Å²) < 4.78 is 5.96. The number of hydrogen-bond acceptors (Lipinski definition) is 5. The first-order valence-electron chi connectivity index (χ1n) is 28.9. The Morgan fingerprint density at radius 2 is 0.773 bits per heavy atom. The van der Waals surface area contributed by atoms with E-state index in [1.54, 1.807) is 0 Å². The minimum atomic E-state index is -0.791. The summed E-state index contributed by atoms with van der Waals surface area (Å²) >= 11 is 0. The first-order valence-corrected chi connectivity index (χ1v) is 28.9. The van der Waals surface area contributed by atoms with Crippen molar-refractivity contribution >= 4 is 11.9 Å². The first-order chi connectivity index (χ1) is 32.5. The fourth-order valence-electron chi connectivity index (χ4n) is 8.86. The lowest BCUT2D eigenvalue weighted by atomic mass is 10.0. The average molecular weight is 927 g/mol. The minimum Gasteiger partial charge on any atom is -0.462 e. The van der Waals surface area contributed by atoms with E-state index in [1.165, 1.54) is 173 Å². The summed E-state index contributed by atoms with van der Waals surface area (Å²) in [7, 11) is 0. The molecular formula is C60H111NO5. The molecule has 0 aromatic rings. The number of ether oxygens (including phenoxy) is 1. The van der Waals surface area contributed by atoms with Gasteiger partial charge in [0.25, 0.3) is 0 Å². The molecule has 0 spiro atoms. The Morgan fingerprint density at radius 3 is 1.20 bits per heavy atom. The van der Waals surface area contributed by atoms with Crippen LogP contribution in [-0.4, -0.2) is 46.9 Å². The van der Waals surface area contributed by atoms with Crippen molar-refractivity contribution in [3.63, 3.8) is 0 Å². The molecule has 6 heteroatoms. The number of hydrogen-bond donors (Lipinski definition) is 3. The van der Waals surface area contributed by atoms with Gasteiger partial charge in [0.1, 0.15) is 6.10 Å². The molecule has 0 fully saturated rings. The Balaban J connectivity index is 4.60. The molecule has 3 N–H and O–H groups in total. The third-order valence-electron chi connectivity index (χ3n) is 13.3. The zero-order chi connectivity index (χ0) is 48.1. The van der Waals surface area contributed by atoms with Gasteiger partial charge in [0.2, 0.25) is 5.91 Å². The number of aliphatic hydroxyl groups is 2. The van der Waals surface area contributed by atoms with Crippen LogP contribution in [0.4, 0.5) is 0 Å². The van der Waals surface area contributed by atoms with Crippen molar-refractivity contribution in [1.82, 2.24) is 5.32 Å². The highest BCUT2D eigenvalue weighted by molar-refractivity contribution is 5.77. The Hall–Kier alpha value is -2.18. The van der Waals surface area contributed by atoms with Crippen LogP contribution in [0, 0.1) is 0 Å². The molecule has 3 atom stereocenters. The number of esters is 1. The number of unbranched alkanes of at least 4 members (excludes halogenated alkanes) is 35. The summed E-state index contributed by atoms with van der Waals surface area (Å²) in [4.78, 5) is 26.3. The second kappa shape index (κ2) is 53.8. The van der Waals surface area contributed by atoms with E-state index in [1.807, 2.05) is 0 Å². The largest absolute Gasteiger partial charge is 0.462 e. The smallest absolute Gasteiger partial charge is 0.306 e. The summed E-state index contributed by atoms with van der Waals surface area (Å²) in [5.41, 5.74) is 0. The molecule has 0 saturated heterocycles. The molecule has 0 bridgehead atoms. The fraction of sp³-hybridized carbons (Fsp3) is 0.833. The summed E-state index contributed by atoms with van der Waals surface area (Å²) in [5.74, 6) is -0.486. The van der Waals surface area contributed by atoms with Gasteiger partial charge in [-0.25, -0.2) is 0 Å². The number of carbonyl (C=O) groups is 2. The van der Waals surface area contributed by atoms with Crippen molar-refractivity contribution in [3.8, 4) is 0 Å². The van der Waals surface area contributed by atoms with E-state index in [-0.39, 0.29) is 24.9 Å². The van der Waals surface area contributed by atoms with Crippen molar-refractivity contribution in [2.75, 3.05) is 6.61 Å². The molecule has 0 aliphatic heterocycles. The Labute approximate surface area is 410 Å². The SMILES string of the molecule is CCCCC/C=C/C=C/C=C/C=C/CCCCCCCC(=O)OC(CCCCCCCCCCCCCCCCCC)CC(=O)NC(CO)C(O)CCCCCCCCCCCCCCC. The van der Waals surface area contributed by atoms with Gasteiger partial charge in [-0.3, -0.25) is 9.59 Å². The van der Waals surface area contributed by atoms with Crippen LogP contribution >= 0.6 is 0 Å². The van der Waals surface area contributed by atoms with E-state index in [0.29, 0.717) is 19.3 Å². The van der Waals surface area contributed by atoms with Crippen LogP contribution in [0.25, 0.3) is 0 Å². The van der Waals surface area contributed by atoms with Crippen LogP contribution in [0.1, 0.15) is 297 Å².